The van der Waals surface area contributed by atoms with Gasteiger partial charge in [-0.1, -0.05) is 12.1 Å². The van der Waals surface area contributed by atoms with Gasteiger partial charge in [0.25, 0.3) is 0 Å². The first-order chi connectivity index (χ1) is 9.35. The van der Waals surface area contributed by atoms with E-state index in [4.69, 9.17) is 5.11 Å². The summed E-state index contributed by atoms with van der Waals surface area (Å²) in [6.45, 7) is 1.76. The van der Waals surface area contributed by atoms with Gasteiger partial charge in [-0.25, -0.2) is 13.2 Å². The van der Waals surface area contributed by atoms with Crippen molar-refractivity contribution in [2.24, 2.45) is 0 Å². The molecule has 0 amide bonds. The highest BCUT2D eigenvalue weighted by Gasteiger charge is 2.13. The molecular formula is C12H13N3O4S. The van der Waals surface area contributed by atoms with Crippen LogP contribution in [-0.4, -0.2) is 29.7 Å². The molecule has 0 aliphatic carbocycles. The second kappa shape index (κ2) is 5.33. The summed E-state index contributed by atoms with van der Waals surface area (Å²) in [7, 11) is -3.59. The molecule has 1 aromatic heterocycles. The van der Waals surface area contributed by atoms with Crippen LogP contribution in [0.4, 0.5) is 5.82 Å². The van der Waals surface area contributed by atoms with Gasteiger partial charge in [0.05, 0.1) is 11.3 Å². The molecule has 0 aliphatic heterocycles. The van der Waals surface area contributed by atoms with Gasteiger partial charge in [-0.15, -0.1) is 0 Å². The minimum Gasteiger partial charge on any atom is -0.478 e. The van der Waals surface area contributed by atoms with Crippen molar-refractivity contribution in [2.75, 3.05) is 4.72 Å². The lowest BCUT2D eigenvalue weighted by atomic mass is 10.1. The van der Waals surface area contributed by atoms with Crippen molar-refractivity contribution < 1.29 is 18.3 Å². The SMILES string of the molecule is Cc1cc(NS(=O)(=O)Cc2ccc(C(=O)O)cc2)n[nH]1. The number of anilines is 1. The molecule has 20 heavy (non-hydrogen) atoms. The Labute approximate surface area is 115 Å². The van der Waals surface area contributed by atoms with Gasteiger partial charge in [-0.2, -0.15) is 5.10 Å². The van der Waals surface area contributed by atoms with E-state index in [0.29, 0.717) is 5.56 Å². The molecule has 0 atom stereocenters. The Balaban J connectivity index is 2.09. The van der Waals surface area contributed by atoms with Crippen LogP contribution in [0.2, 0.25) is 0 Å². The van der Waals surface area contributed by atoms with Gasteiger partial charge in [0.1, 0.15) is 0 Å². The number of sulfonamides is 1. The third-order valence-electron chi connectivity index (χ3n) is 2.52. The van der Waals surface area contributed by atoms with E-state index >= 15 is 0 Å². The summed E-state index contributed by atoms with van der Waals surface area (Å²) in [5, 5.41) is 15.2. The number of nitrogens with zero attached hydrogens (tertiary/aromatic N) is 1. The van der Waals surface area contributed by atoms with Crippen LogP contribution in [0.1, 0.15) is 21.6 Å². The summed E-state index contributed by atoms with van der Waals surface area (Å²) in [4.78, 5) is 10.7. The maximum atomic E-state index is 11.9. The third-order valence-corrected chi connectivity index (χ3v) is 3.76. The Hall–Kier alpha value is -2.35. The Morgan fingerprint density at radius 2 is 2.00 bits per heavy atom. The molecule has 0 saturated heterocycles. The molecule has 1 heterocycles. The largest absolute Gasteiger partial charge is 0.478 e. The summed E-state index contributed by atoms with van der Waals surface area (Å²) < 4.78 is 26.2. The molecule has 0 fully saturated rings. The molecule has 1 aromatic carbocycles. The molecule has 0 saturated carbocycles. The predicted molar refractivity (Wildman–Crippen MR) is 73.0 cm³/mol. The van der Waals surface area contributed by atoms with Crippen LogP contribution in [0, 0.1) is 6.92 Å². The lowest BCUT2D eigenvalue weighted by Gasteiger charge is -2.05. The zero-order chi connectivity index (χ0) is 14.8. The van der Waals surface area contributed by atoms with Crippen molar-refractivity contribution in [1.82, 2.24) is 10.2 Å². The molecular weight excluding hydrogens is 282 g/mol. The quantitative estimate of drug-likeness (QED) is 0.771. The maximum absolute atomic E-state index is 11.9. The highest BCUT2D eigenvalue weighted by Crippen LogP contribution is 2.12. The lowest BCUT2D eigenvalue weighted by Crippen LogP contribution is -2.15. The highest BCUT2D eigenvalue weighted by atomic mass is 32.2. The summed E-state index contributed by atoms with van der Waals surface area (Å²) >= 11 is 0. The summed E-state index contributed by atoms with van der Waals surface area (Å²) in [5.74, 6) is -1.08. The van der Waals surface area contributed by atoms with Crippen molar-refractivity contribution in [3.8, 4) is 0 Å². The van der Waals surface area contributed by atoms with Crippen molar-refractivity contribution >= 4 is 21.8 Å². The first-order valence-corrected chi connectivity index (χ1v) is 7.36. The fraction of sp³-hybridized carbons (Fsp3) is 0.167. The first-order valence-electron chi connectivity index (χ1n) is 5.70. The predicted octanol–water partition coefficient (Wildman–Crippen LogP) is 1.36. The topological polar surface area (TPSA) is 112 Å². The summed E-state index contributed by atoms with van der Waals surface area (Å²) in [6.07, 6.45) is 0. The minimum absolute atomic E-state index is 0.113. The Kier molecular flexibility index (Phi) is 3.75. The Bertz CT molecular complexity index is 719. The van der Waals surface area contributed by atoms with Crippen LogP contribution >= 0.6 is 0 Å². The summed E-state index contributed by atoms with van der Waals surface area (Å²) in [5.41, 5.74) is 1.35. The van der Waals surface area contributed by atoms with Gasteiger partial charge >= 0.3 is 5.97 Å². The fourth-order valence-electron chi connectivity index (χ4n) is 1.63. The van der Waals surface area contributed by atoms with Crippen LogP contribution in [0.5, 0.6) is 0 Å². The van der Waals surface area contributed by atoms with Crippen molar-refractivity contribution in [2.45, 2.75) is 12.7 Å². The molecule has 2 aromatic rings. The molecule has 106 valence electrons. The lowest BCUT2D eigenvalue weighted by molar-refractivity contribution is 0.0697. The number of aromatic carboxylic acids is 1. The molecule has 0 bridgehead atoms. The zero-order valence-electron chi connectivity index (χ0n) is 10.6. The van der Waals surface area contributed by atoms with E-state index in [1.165, 1.54) is 24.3 Å². The third kappa shape index (κ3) is 3.58. The molecule has 7 nitrogen and oxygen atoms in total. The van der Waals surface area contributed by atoms with Crippen LogP contribution in [0.25, 0.3) is 0 Å². The van der Waals surface area contributed by atoms with E-state index in [0.717, 1.165) is 5.69 Å². The first kappa shape index (κ1) is 14.1. The maximum Gasteiger partial charge on any atom is 0.335 e. The van der Waals surface area contributed by atoms with E-state index in [1.54, 1.807) is 13.0 Å². The number of hydrogen-bond donors (Lipinski definition) is 3. The van der Waals surface area contributed by atoms with E-state index < -0.39 is 16.0 Å². The number of aryl methyl sites for hydroxylation is 1. The fourth-order valence-corrected chi connectivity index (χ4v) is 2.76. The van der Waals surface area contributed by atoms with Crippen LogP contribution in [0.15, 0.2) is 30.3 Å². The minimum atomic E-state index is -3.59. The second-order valence-corrected chi connectivity index (χ2v) is 6.02. The number of carbonyl (C=O) groups is 1. The number of nitrogens with one attached hydrogen (secondary N) is 2. The molecule has 0 unspecified atom stereocenters. The molecule has 2 rings (SSSR count). The van der Waals surface area contributed by atoms with Crippen LogP contribution in [-0.2, 0) is 15.8 Å². The second-order valence-electron chi connectivity index (χ2n) is 4.30. The van der Waals surface area contributed by atoms with E-state index in [2.05, 4.69) is 14.9 Å². The van der Waals surface area contributed by atoms with Gasteiger partial charge in [0, 0.05) is 11.8 Å². The van der Waals surface area contributed by atoms with Gasteiger partial charge < -0.3 is 5.11 Å². The van der Waals surface area contributed by atoms with Crippen molar-refractivity contribution in [3.63, 3.8) is 0 Å². The normalized spacial score (nSPS) is 11.2. The average molecular weight is 295 g/mol. The van der Waals surface area contributed by atoms with Crippen molar-refractivity contribution in [3.05, 3.63) is 47.2 Å². The number of rotatable bonds is 5. The zero-order valence-corrected chi connectivity index (χ0v) is 11.4. The molecule has 8 heteroatoms. The van der Waals surface area contributed by atoms with E-state index in [9.17, 15) is 13.2 Å². The monoisotopic (exact) mass is 295 g/mol. The summed E-state index contributed by atoms with van der Waals surface area (Å²) in [6, 6.07) is 7.25. The molecule has 0 aliphatic rings. The van der Waals surface area contributed by atoms with E-state index in [-0.39, 0.29) is 17.1 Å². The Morgan fingerprint density at radius 1 is 1.35 bits per heavy atom. The van der Waals surface area contributed by atoms with Crippen LogP contribution in [0.3, 0.4) is 0 Å². The number of carboxylic acids is 1. The van der Waals surface area contributed by atoms with Crippen molar-refractivity contribution in [1.29, 1.82) is 0 Å². The van der Waals surface area contributed by atoms with Crippen LogP contribution < -0.4 is 4.72 Å². The molecule has 3 N–H and O–H groups in total. The molecule has 0 spiro atoms. The van der Waals surface area contributed by atoms with Gasteiger partial charge in [0.15, 0.2) is 5.82 Å². The van der Waals surface area contributed by atoms with Gasteiger partial charge in [0.2, 0.25) is 10.0 Å². The van der Waals surface area contributed by atoms with E-state index in [1.807, 2.05) is 0 Å². The number of hydrogen-bond acceptors (Lipinski definition) is 4. The average Bonchev–Trinajstić information content (AvgIpc) is 2.73. The number of carboxylic acid groups (broad SMARTS) is 1. The molecule has 0 radical (unpaired) electrons. The standard InChI is InChI=1S/C12H13N3O4S/c1-8-6-11(14-13-8)15-20(18,19)7-9-2-4-10(5-3-9)12(16)17/h2-6H,7H2,1H3,(H,16,17)(H2,13,14,15). The van der Waals surface area contributed by atoms with Gasteiger partial charge in [-0.05, 0) is 24.6 Å². The highest BCUT2D eigenvalue weighted by molar-refractivity contribution is 7.91. The van der Waals surface area contributed by atoms with Gasteiger partial charge in [-0.3, -0.25) is 9.82 Å². The Morgan fingerprint density at radius 3 is 2.50 bits per heavy atom. The number of benzene rings is 1. The smallest absolute Gasteiger partial charge is 0.335 e. The number of H-pyrrole nitrogens is 1. The number of aromatic nitrogens is 2. The number of aromatic amines is 1.